The van der Waals surface area contributed by atoms with Crippen LogP contribution < -0.4 is 9.77 Å². The van der Waals surface area contributed by atoms with Gasteiger partial charge in [-0.3, -0.25) is 19.1 Å². The molecule has 0 N–H and O–H groups in total. The van der Waals surface area contributed by atoms with Gasteiger partial charge in [0.2, 0.25) is 5.91 Å². The summed E-state index contributed by atoms with van der Waals surface area (Å²) >= 11 is 2.70. The van der Waals surface area contributed by atoms with Gasteiger partial charge in [0.05, 0.1) is 10.6 Å². The summed E-state index contributed by atoms with van der Waals surface area (Å²) in [4.78, 5) is 28.4. The van der Waals surface area contributed by atoms with Gasteiger partial charge in [0.15, 0.2) is 11.6 Å². The third-order valence-electron chi connectivity index (χ3n) is 4.85. The van der Waals surface area contributed by atoms with Crippen molar-refractivity contribution in [1.82, 2.24) is 4.57 Å². The van der Waals surface area contributed by atoms with Gasteiger partial charge in [-0.05, 0) is 36.1 Å². The minimum absolute atomic E-state index is 0.143. The first-order valence-electron chi connectivity index (χ1n) is 8.52. The maximum absolute atomic E-state index is 13.8. The number of benzene rings is 2. The minimum atomic E-state index is -1.04. The molecule has 0 saturated carbocycles. The highest BCUT2D eigenvalue weighted by Crippen LogP contribution is 2.44. The van der Waals surface area contributed by atoms with Crippen molar-refractivity contribution in [3.63, 3.8) is 0 Å². The van der Waals surface area contributed by atoms with Crippen molar-refractivity contribution in [3.05, 3.63) is 74.2 Å². The van der Waals surface area contributed by atoms with Crippen LogP contribution in [0.15, 0.2) is 52.2 Å². The number of anilines is 2. The van der Waals surface area contributed by atoms with Gasteiger partial charge in [-0.1, -0.05) is 23.5 Å². The van der Waals surface area contributed by atoms with E-state index in [2.05, 4.69) is 0 Å². The average Bonchev–Trinajstić information content (AvgIpc) is 2.98. The number of nitrogens with zero attached hydrogens (tertiary/aromatic N) is 2. The Morgan fingerprint density at radius 1 is 1.07 bits per heavy atom. The predicted octanol–water partition coefficient (Wildman–Crippen LogP) is 4.65. The van der Waals surface area contributed by atoms with Crippen molar-refractivity contribution in [3.8, 4) is 0 Å². The molecular formula is C20H16F2N2O2S2. The zero-order chi connectivity index (χ0) is 20.0. The van der Waals surface area contributed by atoms with E-state index in [0.717, 1.165) is 38.8 Å². The van der Waals surface area contributed by atoms with Crippen molar-refractivity contribution in [2.45, 2.75) is 17.2 Å². The average molecular weight is 418 g/mol. The second kappa shape index (κ2) is 7.18. The van der Waals surface area contributed by atoms with E-state index in [9.17, 15) is 18.4 Å². The Bertz CT molecular complexity index is 1120. The molecule has 0 saturated heterocycles. The van der Waals surface area contributed by atoms with Crippen LogP contribution in [0.3, 0.4) is 0 Å². The Morgan fingerprint density at radius 2 is 1.79 bits per heavy atom. The summed E-state index contributed by atoms with van der Waals surface area (Å²) < 4.78 is 28.5. The molecule has 4 rings (SSSR count). The number of amides is 1. The quantitative estimate of drug-likeness (QED) is 0.582. The van der Waals surface area contributed by atoms with Gasteiger partial charge in [-0.15, -0.1) is 11.8 Å². The molecule has 8 heteroatoms. The van der Waals surface area contributed by atoms with E-state index in [1.807, 2.05) is 30.5 Å². The third-order valence-corrected chi connectivity index (χ3v) is 6.72. The number of hydrogen-bond donors (Lipinski definition) is 0. The summed E-state index contributed by atoms with van der Waals surface area (Å²) in [5.41, 5.74) is 1.15. The van der Waals surface area contributed by atoms with Crippen LogP contribution in [-0.4, -0.2) is 16.7 Å². The van der Waals surface area contributed by atoms with Gasteiger partial charge in [-0.2, -0.15) is 0 Å². The number of fused-ring (bicyclic) bond motifs is 1. The molecule has 2 heterocycles. The van der Waals surface area contributed by atoms with E-state index in [1.54, 1.807) is 18.8 Å². The molecule has 1 aliphatic rings. The van der Waals surface area contributed by atoms with Crippen LogP contribution in [0.5, 0.6) is 0 Å². The molecule has 0 aliphatic carbocycles. The van der Waals surface area contributed by atoms with E-state index >= 15 is 0 Å². The molecule has 1 atom stereocenters. The first-order valence-corrected chi connectivity index (χ1v) is 10.6. The highest BCUT2D eigenvalue weighted by atomic mass is 32.2. The van der Waals surface area contributed by atoms with Crippen LogP contribution in [0.4, 0.5) is 20.3 Å². The molecule has 2 aromatic carbocycles. The fourth-order valence-corrected chi connectivity index (χ4v) is 4.92. The molecule has 1 unspecified atom stereocenters. The van der Waals surface area contributed by atoms with Crippen LogP contribution in [0.1, 0.15) is 22.8 Å². The van der Waals surface area contributed by atoms with Gasteiger partial charge < -0.3 is 0 Å². The highest BCUT2D eigenvalue weighted by molar-refractivity contribution is 7.98. The molecular weight excluding hydrogens is 402 g/mol. The summed E-state index contributed by atoms with van der Waals surface area (Å²) in [6.45, 7) is 0. The van der Waals surface area contributed by atoms with E-state index in [4.69, 9.17) is 0 Å². The number of hydrogen-bond acceptors (Lipinski definition) is 4. The topological polar surface area (TPSA) is 42.3 Å². The number of carbonyl (C=O) groups excluding carboxylic acids is 1. The molecule has 3 aromatic rings. The molecule has 1 aromatic heterocycles. The van der Waals surface area contributed by atoms with Gasteiger partial charge in [-0.25, -0.2) is 8.78 Å². The second-order valence-corrected chi connectivity index (χ2v) is 8.35. The molecule has 28 heavy (non-hydrogen) atoms. The normalized spacial score (nSPS) is 16.4. The number of halogens is 2. The van der Waals surface area contributed by atoms with Crippen molar-refractivity contribution in [2.24, 2.45) is 7.05 Å². The fraction of sp³-hybridized carbons (Fsp3) is 0.200. The number of aromatic nitrogens is 1. The van der Waals surface area contributed by atoms with Crippen molar-refractivity contribution >= 4 is 40.5 Å². The summed E-state index contributed by atoms with van der Waals surface area (Å²) in [6.07, 6.45) is 2.13. The SMILES string of the molecule is CSc1ccc(C2CC(=O)N(c3ccc(F)c(F)c3)c3c2sc(=O)n3C)cc1. The third kappa shape index (κ3) is 3.06. The molecule has 0 radical (unpaired) electrons. The van der Waals surface area contributed by atoms with E-state index in [-0.39, 0.29) is 28.8 Å². The van der Waals surface area contributed by atoms with Gasteiger partial charge in [0.25, 0.3) is 0 Å². The predicted molar refractivity (Wildman–Crippen MR) is 108 cm³/mol. The lowest BCUT2D eigenvalue weighted by atomic mass is 9.90. The Hall–Kier alpha value is -2.45. The number of thiazole rings is 1. The van der Waals surface area contributed by atoms with Crippen LogP contribution in [0, 0.1) is 11.6 Å². The van der Waals surface area contributed by atoms with Crippen LogP contribution >= 0.6 is 23.1 Å². The van der Waals surface area contributed by atoms with Crippen LogP contribution in [0.2, 0.25) is 0 Å². The van der Waals surface area contributed by atoms with Crippen molar-refractivity contribution < 1.29 is 13.6 Å². The van der Waals surface area contributed by atoms with Gasteiger partial charge in [0, 0.05) is 30.3 Å². The Kier molecular flexibility index (Phi) is 4.84. The smallest absolute Gasteiger partial charge is 0.288 e. The molecule has 0 bridgehead atoms. The van der Waals surface area contributed by atoms with Crippen molar-refractivity contribution in [2.75, 3.05) is 11.2 Å². The van der Waals surface area contributed by atoms with Crippen LogP contribution in [-0.2, 0) is 11.8 Å². The zero-order valence-electron chi connectivity index (χ0n) is 15.1. The number of carbonyl (C=O) groups is 1. The first-order chi connectivity index (χ1) is 13.4. The lowest BCUT2D eigenvalue weighted by Gasteiger charge is -2.32. The Balaban J connectivity index is 1.86. The lowest BCUT2D eigenvalue weighted by Crippen LogP contribution is -2.34. The van der Waals surface area contributed by atoms with E-state index < -0.39 is 11.6 Å². The summed E-state index contributed by atoms with van der Waals surface area (Å²) in [7, 11) is 1.58. The standard InChI is InChI=1S/C20H16F2N2O2S2/c1-23-19-18(28-20(23)26)14(11-3-6-13(27-2)7-4-11)10-17(25)24(19)12-5-8-15(21)16(22)9-12/h3-9,14H,10H2,1-2H3. The zero-order valence-corrected chi connectivity index (χ0v) is 16.7. The molecule has 4 nitrogen and oxygen atoms in total. The molecule has 1 amide bonds. The molecule has 0 spiro atoms. The molecule has 144 valence electrons. The monoisotopic (exact) mass is 418 g/mol. The molecule has 0 fully saturated rings. The number of thioether (sulfide) groups is 1. The molecule has 1 aliphatic heterocycles. The first kappa shape index (κ1) is 18.9. The Labute approximate surface area is 168 Å². The summed E-state index contributed by atoms with van der Waals surface area (Å²) in [5.74, 6) is -2.14. The van der Waals surface area contributed by atoms with E-state index in [0.29, 0.717) is 5.82 Å². The highest BCUT2D eigenvalue weighted by Gasteiger charge is 2.37. The second-order valence-electron chi connectivity index (χ2n) is 6.47. The van der Waals surface area contributed by atoms with Gasteiger partial charge in [0.1, 0.15) is 5.82 Å². The largest absolute Gasteiger partial charge is 0.308 e. The maximum atomic E-state index is 13.8. The van der Waals surface area contributed by atoms with Gasteiger partial charge >= 0.3 is 4.87 Å². The summed E-state index contributed by atoms with van der Waals surface area (Å²) in [5, 5.41) is 0. The summed E-state index contributed by atoms with van der Waals surface area (Å²) in [6, 6.07) is 11.2. The fourth-order valence-electron chi connectivity index (χ4n) is 3.42. The Morgan fingerprint density at radius 3 is 2.43 bits per heavy atom. The lowest BCUT2D eigenvalue weighted by molar-refractivity contribution is -0.118. The minimum Gasteiger partial charge on any atom is -0.288 e. The maximum Gasteiger partial charge on any atom is 0.308 e. The van der Waals surface area contributed by atoms with Crippen LogP contribution in [0.25, 0.3) is 0 Å². The number of rotatable bonds is 3. The van der Waals surface area contributed by atoms with E-state index in [1.165, 1.54) is 15.5 Å². The van der Waals surface area contributed by atoms with Crippen molar-refractivity contribution in [1.29, 1.82) is 0 Å².